The molecular formula is C24H25NO3. The predicted molar refractivity (Wildman–Crippen MR) is 112 cm³/mol. The molecule has 0 saturated carbocycles. The summed E-state index contributed by atoms with van der Waals surface area (Å²) in [6.45, 7) is 1.61. The lowest BCUT2D eigenvalue weighted by Gasteiger charge is -2.28. The van der Waals surface area contributed by atoms with Gasteiger partial charge in [0.2, 0.25) is 5.91 Å². The largest absolute Gasteiger partial charge is 0.486 e. The quantitative estimate of drug-likeness (QED) is 0.701. The maximum absolute atomic E-state index is 13.3. The Bertz CT molecular complexity index is 873. The third-order valence-corrected chi connectivity index (χ3v) is 5.12. The minimum absolute atomic E-state index is 0.0309. The van der Waals surface area contributed by atoms with Crippen molar-refractivity contribution in [2.24, 2.45) is 5.92 Å². The summed E-state index contributed by atoms with van der Waals surface area (Å²) in [4.78, 5) is 15.2. The van der Waals surface area contributed by atoms with Crippen LogP contribution < -0.4 is 14.4 Å². The molecule has 1 aliphatic carbocycles. The van der Waals surface area contributed by atoms with Crippen LogP contribution in [0.1, 0.15) is 24.8 Å². The number of allylic oxidation sites excluding steroid dienone is 2. The Morgan fingerprint density at radius 2 is 1.86 bits per heavy atom. The lowest BCUT2D eigenvalue weighted by atomic mass is 9.93. The van der Waals surface area contributed by atoms with Gasteiger partial charge in [0.1, 0.15) is 13.2 Å². The van der Waals surface area contributed by atoms with Gasteiger partial charge >= 0.3 is 0 Å². The highest BCUT2D eigenvalue weighted by Crippen LogP contribution is 2.35. The molecule has 28 heavy (non-hydrogen) atoms. The van der Waals surface area contributed by atoms with E-state index < -0.39 is 0 Å². The minimum Gasteiger partial charge on any atom is -0.486 e. The van der Waals surface area contributed by atoms with Crippen LogP contribution in [0.15, 0.2) is 66.8 Å². The zero-order valence-corrected chi connectivity index (χ0v) is 15.9. The highest BCUT2D eigenvalue weighted by atomic mass is 16.6. The Hall–Kier alpha value is -3.01. The van der Waals surface area contributed by atoms with Crippen LogP contribution in [0.2, 0.25) is 0 Å². The number of hydrogen-bond donors (Lipinski definition) is 0. The van der Waals surface area contributed by atoms with E-state index >= 15 is 0 Å². The van der Waals surface area contributed by atoms with Crippen molar-refractivity contribution in [3.8, 4) is 11.5 Å². The topological polar surface area (TPSA) is 38.8 Å². The first-order chi connectivity index (χ1) is 13.8. The van der Waals surface area contributed by atoms with Crippen LogP contribution >= 0.6 is 0 Å². The van der Waals surface area contributed by atoms with Gasteiger partial charge in [-0.15, -0.1) is 0 Å². The van der Waals surface area contributed by atoms with Crippen LogP contribution in [0, 0.1) is 5.92 Å². The minimum atomic E-state index is 0.0309. The van der Waals surface area contributed by atoms with Gasteiger partial charge in [0.05, 0.1) is 0 Å². The summed E-state index contributed by atoms with van der Waals surface area (Å²) in [6, 6.07) is 15.9. The molecule has 0 N–H and O–H groups in total. The summed E-state index contributed by atoms with van der Waals surface area (Å²) in [7, 11) is 0. The van der Waals surface area contributed by atoms with Gasteiger partial charge in [-0.25, -0.2) is 0 Å². The smallest absolute Gasteiger partial charge is 0.230 e. The van der Waals surface area contributed by atoms with Gasteiger partial charge in [-0.3, -0.25) is 4.79 Å². The molecule has 0 radical (unpaired) electrons. The molecule has 2 aliphatic rings. The van der Waals surface area contributed by atoms with E-state index in [0.29, 0.717) is 25.5 Å². The van der Waals surface area contributed by atoms with Crippen LogP contribution in [-0.2, 0) is 4.79 Å². The van der Waals surface area contributed by atoms with E-state index in [1.54, 1.807) is 0 Å². The van der Waals surface area contributed by atoms with Gasteiger partial charge in [-0.2, -0.15) is 0 Å². The Morgan fingerprint density at radius 1 is 1.04 bits per heavy atom. The van der Waals surface area contributed by atoms with Crippen molar-refractivity contribution in [1.29, 1.82) is 0 Å². The summed E-state index contributed by atoms with van der Waals surface area (Å²) in [5, 5.41) is 0. The van der Waals surface area contributed by atoms with Crippen LogP contribution in [0.25, 0.3) is 6.08 Å². The number of benzene rings is 2. The van der Waals surface area contributed by atoms with E-state index in [4.69, 9.17) is 9.47 Å². The van der Waals surface area contributed by atoms with E-state index in [1.165, 1.54) is 0 Å². The fourth-order valence-electron chi connectivity index (χ4n) is 3.62. The van der Waals surface area contributed by atoms with Crippen molar-refractivity contribution < 1.29 is 14.3 Å². The lowest BCUT2D eigenvalue weighted by molar-refractivity contribution is -0.122. The molecule has 0 saturated heterocycles. The van der Waals surface area contributed by atoms with E-state index in [-0.39, 0.29) is 11.8 Å². The zero-order valence-electron chi connectivity index (χ0n) is 15.9. The maximum atomic E-state index is 13.3. The average Bonchev–Trinajstić information content (AvgIpc) is 2.77. The van der Waals surface area contributed by atoms with Gasteiger partial charge in [-0.1, -0.05) is 54.6 Å². The molecule has 2 aromatic rings. The van der Waals surface area contributed by atoms with Crippen molar-refractivity contribution >= 4 is 17.7 Å². The van der Waals surface area contributed by atoms with Crippen molar-refractivity contribution in [1.82, 2.24) is 0 Å². The molecule has 1 amide bonds. The van der Waals surface area contributed by atoms with Gasteiger partial charge < -0.3 is 14.4 Å². The van der Waals surface area contributed by atoms with Crippen molar-refractivity contribution in [2.75, 3.05) is 24.7 Å². The second-order valence-electron chi connectivity index (χ2n) is 7.07. The summed E-state index contributed by atoms with van der Waals surface area (Å²) >= 11 is 0. The molecule has 144 valence electrons. The average molecular weight is 375 g/mol. The number of hydrogen-bond acceptors (Lipinski definition) is 3. The summed E-state index contributed by atoms with van der Waals surface area (Å²) in [5.41, 5.74) is 1.97. The van der Waals surface area contributed by atoms with Gasteiger partial charge in [0, 0.05) is 24.2 Å². The summed E-state index contributed by atoms with van der Waals surface area (Å²) in [6.07, 6.45) is 11.1. The maximum Gasteiger partial charge on any atom is 0.230 e. The Balaban J connectivity index is 1.58. The van der Waals surface area contributed by atoms with Crippen molar-refractivity contribution in [2.45, 2.75) is 19.3 Å². The van der Waals surface area contributed by atoms with Crippen LogP contribution in [0.3, 0.4) is 0 Å². The fraction of sp³-hybridized carbons (Fsp3) is 0.292. The summed E-state index contributed by atoms with van der Waals surface area (Å²) in [5.74, 6) is 1.64. The standard InChI is InChI=1S/C24H25NO3/c26-24(20-11-5-2-6-12-20)25(15-7-10-19-8-3-1-4-9-19)21-13-14-22-23(18-21)28-17-16-27-22/h1-5,7-10,13-14,18,20H,6,11-12,15-17H2/b10-7+/t20-/m0/s1. The number of fused-ring (bicyclic) bond motifs is 1. The van der Waals surface area contributed by atoms with E-state index in [9.17, 15) is 4.79 Å². The molecule has 0 bridgehead atoms. The molecule has 1 aliphatic heterocycles. The third kappa shape index (κ3) is 4.28. The number of amides is 1. The number of carbonyl (C=O) groups excluding carboxylic acids is 1. The molecule has 4 rings (SSSR count). The molecule has 4 nitrogen and oxygen atoms in total. The Labute approximate surface area is 166 Å². The highest BCUT2D eigenvalue weighted by molar-refractivity contribution is 5.96. The lowest BCUT2D eigenvalue weighted by Crippen LogP contribution is -2.37. The molecule has 1 heterocycles. The molecule has 0 fully saturated rings. The first kappa shape index (κ1) is 18.4. The number of ether oxygens (including phenoxy) is 2. The van der Waals surface area contributed by atoms with E-state index in [0.717, 1.165) is 36.3 Å². The fourth-order valence-corrected chi connectivity index (χ4v) is 3.62. The molecule has 0 unspecified atom stereocenters. The van der Waals surface area contributed by atoms with Crippen LogP contribution in [0.4, 0.5) is 5.69 Å². The van der Waals surface area contributed by atoms with Crippen LogP contribution in [-0.4, -0.2) is 25.7 Å². The highest BCUT2D eigenvalue weighted by Gasteiger charge is 2.26. The molecule has 1 atom stereocenters. The molecular weight excluding hydrogens is 350 g/mol. The zero-order chi connectivity index (χ0) is 19.2. The van der Waals surface area contributed by atoms with Crippen LogP contribution in [0.5, 0.6) is 11.5 Å². The first-order valence-electron chi connectivity index (χ1n) is 9.89. The number of rotatable bonds is 5. The third-order valence-electron chi connectivity index (χ3n) is 5.12. The first-order valence-corrected chi connectivity index (χ1v) is 9.89. The Kier molecular flexibility index (Phi) is 5.76. The summed E-state index contributed by atoms with van der Waals surface area (Å²) < 4.78 is 11.3. The van der Waals surface area contributed by atoms with Crippen molar-refractivity contribution in [3.05, 3.63) is 72.3 Å². The van der Waals surface area contributed by atoms with Gasteiger partial charge in [0.25, 0.3) is 0 Å². The number of carbonyl (C=O) groups is 1. The number of nitrogens with zero attached hydrogens (tertiary/aromatic N) is 1. The molecule has 0 aromatic heterocycles. The van der Waals surface area contributed by atoms with Crippen molar-refractivity contribution in [3.63, 3.8) is 0 Å². The van der Waals surface area contributed by atoms with E-state index in [2.05, 4.69) is 30.4 Å². The number of anilines is 1. The van der Waals surface area contributed by atoms with E-state index in [1.807, 2.05) is 47.4 Å². The van der Waals surface area contributed by atoms with Gasteiger partial charge in [-0.05, 0) is 37.0 Å². The second-order valence-corrected chi connectivity index (χ2v) is 7.07. The molecule has 0 spiro atoms. The second kappa shape index (κ2) is 8.79. The molecule has 2 aromatic carbocycles. The normalized spacial score (nSPS) is 18.2. The SMILES string of the molecule is O=C([C@H]1CC=CCC1)N(C/C=C/c1ccccc1)c1ccc2c(c1)OCCO2. The predicted octanol–water partition coefficient (Wildman–Crippen LogP) is 4.86. The Morgan fingerprint density at radius 3 is 2.64 bits per heavy atom. The molecule has 4 heteroatoms. The monoisotopic (exact) mass is 375 g/mol. The van der Waals surface area contributed by atoms with Gasteiger partial charge in [0.15, 0.2) is 11.5 Å².